The van der Waals surface area contributed by atoms with Crippen molar-refractivity contribution >= 4 is 5.96 Å². The van der Waals surface area contributed by atoms with Crippen molar-refractivity contribution in [3.63, 3.8) is 0 Å². The predicted molar refractivity (Wildman–Crippen MR) is 77.2 cm³/mol. The molecule has 0 spiro atoms. The molecule has 2 rings (SSSR count). The Balaban J connectivity index is 1.87. The van der Waals surface area contributed by atoms with Gasteiger partial charge in [-0.15, -0.1) is 0 Å². The molecule has 1 aliphatic carbocycles. The minimum atomic E-state index is 0.199. The van der Waals surface area contributed by atoms with E-state index in [0.717, 1.165) is 24.2 Å². The number of likely N-dealkylation sites (N-methyl/N-ethyl adjacent to an activating group) is 1. The zero-order valence-electron chi connectivity index (χ0n) is 12.2. The highest BCUT2D eigenvalue weighted by Crippen LogP contribution is 2.28. The lowest BCUT2D eigenvalue weighted by molar-refractivity contribution is 0.258. The van der Waals surface area contributed by atoms with Crippen molar-refractivity contribution in [3.8, 4) is 0 Å². The molecule has 1 aromatic rings. The molecule has 0 amide bonds. The smallest absolute Gasteiger partial charge is 0.191 e. The number of rotatable bonds is 5. The van der Waals surface area contributed by atoms with Gasteiger partial charge in [0.2, 0.25) is 0 Å². The van der Waals surface area contributed by atoms with Crippen molar-refractivity contribution in [1.29, 1.82) is 0 Å². The Kier molecular flexibility index (Phi) is 4.47. The van der Waals surface area contributed by atoms with E-state index in [2.05, 4.69) is 27.4 Å². The molecule has 1 aromatic heterocycles. The van der Waals surface area contributed by atoms with Crippen molar-refractivity contribution in [2.75, 3.05) is 27.7 Å². The maximum atomic E-state index is 5.49. The van der Waals surface area contributed by atoms with Crippen LogP contribution in [0.3, 0.4) is 0 Å². The van der Waals surface area contributed by atoms with Gasteiger partial charge >= 0.3 is 0 Å². The molecule has 1 fully saturated rings. The highest BCUT2D eigenvalue weighted by molar-refractivity contribution is 5.80. The van der Waals surface area contributed by atoms with E-state index >= 15 is 0 Å². The average molecular weight is 264 g/mol. The standard InChI is InChI=1S/C14H24N4O/c1-10-8-11(10)17-14(15-2)16-9-12(18(3)4)13-6-5-7-19-13/h5-7,10-12H,8-9H2,1-4H3,(H2,15,16,17). The van der Waals surface area contributed by atoms with E-state index in [0.29, 0.717) is 6.04 Å². The molecule has 3 atom stereocenters. The van der Waals surface area contributed by atoms with Crippen LogP contribution in [0.25, 0.3) is 0 Å². The predicted octanol–water partition coefficient (Wildman–Crippen LogP) is 1.46. The summed E-state index contributed by atoms with van der Waals surface area (Å²) in [6, 6.07) is 4.70. The molecule has 0 aliphatic heterocycles. The first-order chi connectivity index (χ1) is 9.11. The van der Waals surface area contributed by atoms with Crippen LogP contribution in [0.1, 0.15) is 25.1 Å². The van der Waals surface area contributed by atoms with Crippen molar-refractivity contribution < 1.29 is 4.42 Å². The molecule has 0 saturated heterocycles. The molecule has 0 radical (unpaired) electrons. The summed E-state index contributed by atoms with van der Waals surface area (Å²) >= 11 is 0. The summed E-state index contributed by atoms with van der Waals surface area (Å²) in [4.78, 5) is 6.40. The van der Waals surface area contributed by atoms with E-state index in [9.17, 15) is 0 Å². The molecule has 2 N–H and O–H groups in total. The Morgan fingerprint density at radius 2 is 2.32 bits per heavy atom. The van der Waals surface area contributed by atoms with Crippen LogP contribution in [0.5, 0.6) is 0 Å². The fourth-order valence-corrected chi connectivity index (χ4v) is 2.11. The third-order valence-electron chi connectivity index (χ3n) is 3.61. The van der Waals surface area contributed by atoms with E-state index in [1.54, 1.807) is 13.3 Å². The number of hydrogen-bond acceptors (Lipinski definition) is 3. The molecule has 5 nitrogen and oxygen atoms in total. The first kappa shape index (κ1) is 13.9. The van der Waals surface area contributed by atoms with Crippen LogP contribution in [0.4, 0.5) is 0 Å². The van der Waals surface area contributed by atoms with Gasteiger partial charge < -0.3 is 15.1 Å². The van der Waals surface area contributed by atoms with Crippen molar-refractivity contribution in [2.45, 2.75) is 25.4 Å². The van der Waals surface area contributed by atoms with Gasteiger partial charge in [0.1, 0.15) is 5.76 Å². The van der Waals surface area contributed by atoms with Gasteiger partial charge in [-0.1, -0.05) is 6.92 Å². The summed E-state index contributed by atoms with van der Waals surface area (Å²) in [6.07, 6.45) is 2.95. The fourth-order valence-electron chi connectivity index (χ4n) is 2.11. The summed E-state index contributed by atoms with van der Waals surface area (Å²) in [5, 5.41) is 6.79. The Morgan fingerprint density at radius 1 is 1.58 bits per heavy atom. The zero-order valence-corrected chi connectivity index (χ0v) is 12.2. The molecule has 106 valence electrons. The molecular weight excluding hydrogens is 240 g/mol. The van der Waals surface area contributed by atoms with Gasteiger partial charge in [-0.2, -0.15) is 0 Å². The fraction of sp³-hybridized carbons (Fsp3) is 0.643. The zero-order chi connectivity index (χ0) is 13.8. The van der Waals surface area contributed by atoms with E-state index in [1.165, 1.54) is 6.42 Å². The monoisotopic (exact) mass is 264 g/mol. The number of nitrogens with one attached hydrogen (secondary N) is 2. The van der Waals surface area contributed by atoms with Gasteiger partial charge in [0.25, 0.3) is 0 Å². The van der Waals surface area contributed by atoms with E-state index < -0.39 is 0 Å². The topological polar surface area (TPSA) is 52.8 Å². The summed E-state index contributed by atoms with van der Waals surface area (Å²) in [5.74, 6) is 2.59. The maximum Gasteiger partial charge on any atom is 0.191 e. The second kappa shape index (κ2) is 6.10. The lowest BCUT2D eigenvalue weighted by Crippen LogP contribution is -2.42. The summed E-state index contributed by atoms with van der Waals surface area (Å²) < 4.78 is 5.49. The Hall–Kier alpha value is -1.49. The van der Waals surface area contributed by atoms with E-state index in [1.807, 2.05) is 26.2 Å². The van der Waals surface area contributed by atoms with E-state index in [4.69, 9.17) is 4.42 Å². The van der Waals surface area contributed by atoms with Gasteiger partial charge in [0, 0.05) is 19.6 Å². The third-order valence-corrected chi connectivity index (χ3v) is 3.61. The number of nitrogens with zero attached hydrogens (tertiary/aromatic N) is 2. The minimum Gasteiger partial charge on any atom is -0.468 e. The summed E-state index contributed by atoms with van der Waals surface area (Å²) in [6.45, 7) is 3.01. The van der Waals surface area contributed by atoms with Crippen LogP contribution < -0.4 is 10.6 Å². The van der Waals surface area contributed by atoms with Crippen molar-refractivity contribution in [2.24, 2.45) is 10.9 Å². The van der Waals surface area contributed by atoms with Crippen LogP contribution >= 0.6 is 0 Å². The van der Waals surface area contributed by atoms with Crippen LogP contribution in [-0.4, -0.2) is 44.6 Å². The van der Waals surface area contributed by atoms with Gasteiger partial charge in [-0.3, -0.25) is 9.89 Å². The molecule has 1 saturated carbocycles. The van der Waals surface area contributed by atoms with Gasteiger partial charge in [-0.05, 0) is 38.6 Å². The Labute approximate surface area is 115 Å². The first-order valence-corrected chi connectivity index (χ1v) is 6.78. The summed E-state index contributed by atoms with van der Waals surface area (Å²) in [5.41, 5.74) is 0. The van der Waals surface area contributed by atoms with Crippen LogP contribution in [0, 0.1) is 5.92 Å². The van der Waals surface area contributed by atoms with Crippen molar-refractivity contribution in [3.05, 3.63) is 24.2 Å². The highest BCUT2D eigenvalue weighted by atomic mass is 16.3. The molecule has 1 heterocycles. The number of guanidine groups is 1. The molecule has 5 heteroatoms. The average Bonchev–Trinajstić information content (AvgIpc) is 2.86. The van der Waals surface area contributed by atoms with Gasteiger partial charge in [0.15, 0.2) is 5.96 Å². The van der Waals surface area contributed by atoms with Crippen LogP contribution in [0.15, 0.2) is 27.8 Å². The van der Waals surface area contributed by atoms with E-state index in [-0.39, 0.29) is 6.04 Å². The normalized spacial score (nSPS) is 24.4. The summed E-state index contributed by atoms with van der Waals surface area (Å²) in [7, 11) is 5.90. The highest BCUT2D eigenvalue weighted by Gasteiger charge is 2.33. The second-order valence-electron chi connectivity index (χ2n) is 5.41. The van der Waals surface area contributed by atoms with Crippen molar-refractivity contribution in [1.82, 2.24) is 15.5 Å². The lowest BCUT2D eigenvalue weighted by Gasteiger charge is -2.23. The van der Waals surface area contributed by atoms with Crippen LogP contribution in [-0.2, 0) is 0 Å². The number of hydrogen-bond donors (Lipinski definition) is 2. The lowest BCUT2D eigenvalue weighted by atomic mass is 10.2. The van der Waals surface area contributed by atoms with Gasteiger partial charge in [-0.25, -0.2) is 0 Å². The molecule has 1 aliphatic rings. The molecule has 3 unspecified atom stereocenters. The van der Waals surface area contributed by atoms with Gasteiger partial charge in [0.05, 0.1) is 12.3 Å². The third kappa shape index (κ3) is 3.73. The Morgan fingerprint density at radius 3 is 2.79 bits per heavy atom. The molecule has 0 aromatic carbocycles. The second-order valence-corrected chi connectivity index (χ2v) is 5.41. The minimum absolute atomic E-state index is 0.199. The SMILES string of the molecule is CN=C(NCC(c1ccco1)N(C)C)NC1CC1C. The molecule has 19 heavy (non-hydrogen) atoms. The van der Waals surface area contributed by atoms with Crippen LogP contribution in [0.2, 0.25) is 0 Å². The largest absolute Gasteiger partial charge is 0.468 e. The number of furan rings is 1. The Bertz CT molecular complexity index is 413. The first-order valence-electron chi connectivity index (χ1n) is 6.78. The molecule has 0 bridgehead atoms. The maximum absolute atomic E-state index is 5.49. The quantitative estimate of drug-likeness (QED) is 0.624. The molecular formula is C14H24N4O. The number of aliphatic imine (C=N–C) groups is 1.